The smallest absolute Gasteiger partial charge is 0.358 e. The standard InChI is InChI=1S/C11H10N2O4/c1-7-5-8(17-13-7)6-16-9-3-2-4-12-10(9)11(14)15/h2-5H,6H2,1H3,(H,14,15). The zero-order valence-electron chi connectivity index (χ0n) is 9.08. The molecule has 0 fully saturated rings. The van der Waals surface area contributed by atoms with Crippen LogP contribution in [0.15, 0.2) is 28.9 Å². The highest BCUT2D eigenvalue weighted by Crippen LogP contribution is 2.17. The number of nitrogens with zero attached hydrogens (tertiary/aromatic N) is 2. The van der Waals surface area contributed by atoms with E-state index in [2.05, 4.69) is 10.1 Å². The summed E-state index contributed by atoms with van der Waals surface area (Å²) in [5.41, 5.74) is 0.622. The Labute approximate surface area is 96.8 Å². The quantitative estimate of drug-likeness (QED) is 0.865. The van der Waals surface area contributed by atoms with Crippen molar-refractivity contribution in [3.05, 3.63) is 41.5 Å². The van der Waals surface area contributed by atoms with Gasteiger partial charge in [-0.05, 0) is 19.1 Å². The average Bonchev–Trinajstić information content (AvgIpc) is 2.73. The van der Waals surface area contributed by atoms with E-state index in [1.165, 1.54) is 6.20 Å². The number of hydrogen-bond acceptors (Lipinski definition) is 5. The van der Waals surface area contributed by atoms with Crippen molar-refractivity contribution in [2.45, 2.75) is 13.5 Å². The van der Waals surface area contributed by atoms with Gasteiger partial charge < -0.3 is 14.4 Å². The van der Waals surface area contributed by atoms with Crippen LogP contribution in [-0.4, -0.2) is 21.2 Å². The first-order valence-corrected chi connectivity index (χ1v) is 4.90. The molecule has 0 radical (unpaired) electrons. The largest absolute Gasteiger partial charge is 0.483 e. The van der Waals surface area contributed by atoms with Crippen LogP contribution in [0.25, 0.3) is 0 Å². The molecule has 0 amide bonds. The molecular formula is C11H10N2O4. The normalized spacial score (nSPS) is 10.2. The van der Waals surface area contributed by atoms with Crippen molar-refractivity contribution in [3.63, 3.8) is 0 Å². The fraction of sp³-hybridized carbons (Fsp3) is 0.182. The molecule has 0 unspecified atom stereocenters. The monoisotopic (exact) mass is 234 g/mol. The predicted molar refractivity (Wildman–Crippen MR) is 56.8 cm³/mol. The lowest BCUT2D eigenvalue weighted by Crippen LogP contribution is -2.05. The van der Waals surface area contributed by atoms with Crippen LogP contribution in [0.2, 0.25) is 0 Å². The molecule has 6 nitrogen and oxygen atoms in total. The molecule has 0 saturated heterocycles. The number of carboxylic acid groups (broad SMARTS) is 1. The average molecular weight is 234 g/mol. The topological polar surface area (TPSA) is 85.5 Å². The molecule has 2 heterocycles. The molecule has 0 saturated carbocycles. The maximum atomic E-state index is 10.9. The summed E-state index contributed by atoms with van der Waals surface area (Å²) >= 11 is 0. The maximum Gasteiger partial charge on any atom is 0.358 e. The second-order valence-electron chi connectivity index (χ2n) is 3.38. The summed E-state index contributed by atoms with van der Waals surface area (Å²) in [4.78, 5) is 14.6. The summed E-state index contributed by atoms with van der Waals surface area (Å²) < 4.78 is 10.3. The SMILES string of the molecule is Cc1cc(COc2cccnc2C(=O)O)on1. The number of ether oxygens (including phenoxy) is 1. The van der Waals surface area contributed by atoms with E-state index < -0.39 is 5.97 Å². The van der Waals surface area contributed by atoms with Gasteiger partial charge in [-0.2, -0.15) is 0 Å². The fourth-order valence-corrected chi connectivity index (χ4v) is 1.30. The molecule has 0 aromatic carbocycles. The minimum absolute atomic E-state index is 0.118. The molecule has 0 aliphatic rings. The van der Waals surface area contributed by atoms with Gasteiger partial charge in [0.2, 0.25) is 0 Å². The van der Waals surface area contributed by atoms with Gasteiger partial charge in [-0.3, -0.25) is 0 Å². The first-order valence-electron chi connectivity index (χ1n) is 4.90. The van der Waals surface area contributed by atoms with Crippen molar-refractivity contribution >= 4 is 5.97 Å². The Morgan fingerprint density at radius 2 is 2.41 bits per heavy atom. The molecular weight excluding hydrogens is 224 g/mol. The number of pyridine rings is 1. The fourth-order valence-electron chi connectivity index (χ4n) is 1.30. The molecule has 2 rings (SSSR count). The van der Waals surface area contributed by atoms with Crippen LogP contribution in [0.3, 0.4) is 0 Å². The summed E-state index contributed by atoms with van der Waals surface area (Å²) in [7, 11) is 0. The Hall–Kier alpha value is -2.37. The molecule has 1 N–H and O–H groups in total. The van der Waals surface area contributed by atoms with Crippen LogP contribution in [0.1, 0.15) is 21.9 Å². The molecule has 0 bridgehead atoms. The molecule has 6 heteroatoms. The zero-order chi connectivity index (χ0) is 12.3. The number of hydrogen-bond donors (Lipinski definition) is 1. The highest BCUT2D eigenvalue weighted by molar-refractivity contribution is 5.88. The van der Waals surface area contributed by atoms with Gasteiger partial charge in [0.05, 0.1) is 5.69 Å². The van der Waals surface area contributed by atoms with E-state index in [0.717, 1.165) is 5.69 Å². The molecule has 2 aromatic heterocycles. The van der Waals surface area contributed by atoms with Crippen LogP contribution in [0.4, 0.5) is 0 Å². The lowest BCUT2D eigenvalue weighted by Gasteiger charge is -2.05. The minimum Gasteiger partial charge on any atom is -0.483 e. The zero-order valence-corrected chi connectivity index (χ0v) is 9.08. The Balaban J connectivity index is 2.11. The maximum absolute atomic E-state index is 10.9. The van der Waals surface area contributed by atoms with Gasteiger partial charge in [-0.15, -0.1) is 0 Å². The van der Waals surface area contributed by atoms with Crippen LogP contribution in [0.5, 0.6) is 5.75 Å². The number of rotatable bonds is 4. The lowest BCUT2D eigenvalue weighted by atomic mass is 10.3. The van der Waals surface area contributed by atoms with E-state index in [1.54, 1.807) is 25.1 Å². The van der Waals surface area contributed by atoms with E-state index in [4.69, 9.17) is 14.4 Å². The van der Waals surface area contributed by atoms with Crippen LogP contribution < -0.4 is 4.74 Å². The third-order valence-electron chi connectivity index (χ3n) is 2.02. The third-order valence-corrected chi connectivity index (χ3v) is 2.02. The van der Waals surface area contributed by atoms with Crippen molar-refractivity contribution in [3.8, 4) is 5.75 Å². The Morgan fingerprint density at radius 3 is 3.06 bits per heavy atom. The van der Waals surface area contributed by atoms with E-state index in [1.807, 2.05) is 0 Å². The second-order valence-corrected chi connectivity index (χ2v) is 3.38. The van der Waals surface area contributed by atoms with Crippen LogP contribution >= 0.6 is 0 Å². The summed E-state index contributed by atoms with van der Waals surface area (Å²) in [6.07, 6.45) is 1.40. The van der Waals surface area contributed by atoms with Crippen LogP contribution in [0, 0.1) is 6.92 Å². The Morgan fingerprint density at radius 1 is 1.59 bits per heavy atom. The Kier molecular flexibility index (Phi) is 3.04. The Bertz CT molecular complexity index is 536. The number of carbonyl (C=O) groups is 1. The number of aryl methyl sites for hydroxylation is 1. The summed E-state index contributed by atoms with van der Waals surface area (Å²) in [6.45, 7) is 1.91. The summed E-state index contributed by atoms with van der Waals surface area (Å²) in [5, 5.41) is 12.6. The summed E-state index contributed by atoms with van der Waals surface area (Å²) in [6, 6.07) is 4.86. The van der Waals surface area contributed by atoms with E-state index in [9.17, 15) is 4.79 Å². The second kappa shape index (κ2) is 4.65. The van der Waals surface area contributed by atoms with Crippen molar-refractivity contribution in [1.29, 1.82) is 0 Å². The number of aromatic nitrogens is 2. The summed E-state index contributed by atoms with van der Waals surface area (Å²) in [5.74, 6) is -0.397. The van der Waals surface area contributed by atoms with Crippen LogP contribution in [-0.2, 0) is 6.61 Å². The van der Waals surface area contributed by atoms with E-state index in [-0.39, 0.29) is 18.1 Å². The highest BCUT2D eigenvalue weighted by Gasteiger charge is 2.12. The van der Waals surface area contributed by atoms with Crippen molar-refractivity contribution in [1.82, 2.24) is 10.1 Å². The molecule has 0 spiro atoms. The van der Waals surface area contributed by atoms with Gasteiger partial charge in [-0.1, -0.05) is 5.16 Å². The third kappa shape index (κ3) is 2.60. The number of aromatic carboxylic acids is 1. The van der Waals surface area contributed by atoms with E-state index in [0.29, 0.717) is 5.76 Å². The molecule has 2 aromatic rings. The highest BCUT2D eigenvalue weighted by atomic mass is 16.5. The van der Waals surface area contributed by atoms with Crippen molar-refractivity contribution in [2.24, 2.45) is 0 Å². The van der Waals surface area contributed by atoms with Crippen molar-refractivity contribution < 1.29 is 19.2 Å². The predicted octanol–water partition coefficient (Wildman–Crippen LogP) is 1.66. The van der Waals surface area contributed by atoms with Gasteiger partial charge in [0.15, 0.2) is 17.2 Å². The minimum atomic E-state index is -1.13. The van der Waals surface area contributed by atoms with Crippen molar-refractivity contribution in [2.75, 3.05) is 0 Å². The number of carboxylic acids is 1. The van der Waals surface area contributed by atoms with Gasteiger partial charge >= 0.3 is 5.97 Å². The first kappa shape index (κ1) is 11.1. The first-order chi connectivity index (χ1) is 8.16. The van der Waals surface area contributed by atoms with Gasteiger partial charge in [0, 0.05) is 12.3 Å². The molecule has 0 aliphatic heterocycles. The van der Waals surface area contributed by atoms with Gasteiger partial charge in [0.25, 0.3) is 0 Å². The molecule has 88 valence electrons. The lowest BCUT2D eigenvalue weighted by molar-refractivity contribution is 0.0684. The van der Waals surface area contributed by atoms with Gasteiger partial charge in [0.1, 0.15) is 6.61 Å². The molecule has 0 aliphatic carbocycles. The van der Waals surface area contributed by atoms with E-state index >= 15 is 0 Å². The van der Waals surface area contributed by atoms with Gasteiger partial charge in [-0.25, -0.2) is 9.78 Å². The molecule has 0 atom stereocenters. The molecule has 17 heavy (non-hydrogen) atoms.